The van der Waals surface area contributed by atoms with Gasteiger partial charge in [-0.25, -0.2) is 13.6 Å². The van der Waals surface area contributed by atoms with E-state index in [1.54, 1.807) is 27.8 Å². The van der Waals surface area contributed by atoms with E-state index in [0.29, 0.717) is 25.5 Å². The molecule has 2 atom stereocenters. The van der Waals surface area contributed by atoms with E-state index in [0.717, 1.165) is 0 Å². The molecule has 8 heteroatoms. The minimum absolute atomic E-state index is 0.0774. The maximum atomic E-state index is 13.8. The van der Waals surface area contributed by atoms with E-state index >= 15 is 0 Å². The predicted molar refractivity (Wildman–Crippen MR) is 96.2 cm³/mol. The van der Waals surface area contributed by atoms with Crippen LogP contribution in [0.15, 0.2) is 23.2 Å². The van der Waals surface area contributed by atoms with Crippen molar-refractivity contribution in [3.05, 3.63) is 35.4 Å². The normalized spacial score (nSPS) is 19.7. The number of nitrogens with zero attached hydrogens (tertiary/aromatic N) is 1. The molecule has 2 unspecified atom stereocenters. The summed E-state index contributed by atoms with van der Waals surface area (Å²) in [5.74, 6) is -0.748. The lowest BCUT2D eigenvalue weighted by Gasteiger charge is -2.20. The molecule has 0 saturated heterocycles. The minimum Gasteiger partial charge on any atom is -0.444 e. The first-order valence-electron chi connectivity index (χ1n) is 8.59. The van der Waals surface area contributed by atoms with Crippen molar-refractivity contribution in [2.24, 2.45) is 4.99 Å². The van der Waals surface area contributed by atoms with Crippen LogP contribution in [0, 0.1) is 11.6 Å². The number of amides is 1. The zero-order valence-electron chi connectivity index (χ0n) is 15.5. The summed E-state index contributed by atoms with van der Waals surface area (Å²) in [6.45, 7) is 6.17. The summed E-state index contributed by atoms with van der Waals surface area (Å²) >= 11 is 0. The van der Waals surface area contributed by atoms with Gasteiger partial charge in [0.05, 0.1) is 0 Å². The smallest absolute Gasteiger partial charge is 0.407 e. The number of nitrogens with one attached hydrogen (secondary N) is 3. The summed E-state index contributed by atoms with van der Waals surface area (Å²) in [5.41, 5.74) is -0.426. The summed E-state index contributed by atoms with van der Waals surface area (Å²) in [4.78, 5) is 15.6. The maximum absolute atomic E-state index is 13.8. The monoisotopic (exact) mass is 368 g/mol. The molecule has 1 aromatic carbocycles. The number of ether oxygens (including phenoxy) is 1. The Bertz CT molecular complexity index is 653. The van der Waals surface area contributed by atoms with Gasteiger partial charge in [0.1, 0.15) is 17.2 Å². The summed E-state index contributed by atoms with van der Waals surface area (Å²) in [6.07, 6.45) is 0.147. The SMILES string of the molecule is CN=C(NCCNC(=O)OC(C)(C)C)NC1CC1c1c(F)cccc1F. The van der Waals surface area contributed by atoms with Crippen LogP contribution in [0.1, 0.15) is 38.7 Å². The van der Waals surface area contributed by atoms with Gasteiger partial charge in [-0.15, -0.1) is 0 Å². The number of carbonyl (C=O) groups excluding carboxylic acids is 1. The maximum Gasteiger partial charge on any atom is 0.407 e. The Balaban J connectivity index is 1.74. The van der Waals surface area contributed by atoms with Crippen LogP contribution in [0.3, 0.4) is 0 Å². The fraction of sp³-hybridized carbons (Fsp3) is 0.556. The lowest BCUT2D eigenvalue weighted by Crippen LogP contribution is -2.43. The van der Waals surface area contributed by atoms with Gasteiger partial charge in [-0.2, -0.15) is 0 Å². The molecule has 0 bridgehead atoms. The van der Waals surface area contributed by atoms with Crippen molar-refractivity contribution in [3.63, 3.8) is 0 Å². The Morgan fingerprint density at radius 3 is 2.42 bits per heavy atom. The average molecular weight is 368 g/mol. The number of hydrogen-bond donors (Lipinski definition) is 3. The van der Waals surface area contributed by atoms with E-state index in [-0.39, 0.29) is 17.5 Å². The number of hydrogen-bond acceptors (Lipinski definition) is 3. The summed E-state index contributed by atoms with van der Waals surface area (Å²) in [6, 6.07) is 3.82. The number of alkyl carbamates (subject to hydrolysis) is 1. The molecule has 0 aliphatic heterocycles. The highest BCUT2D eigenvalue weighted by Gasteiger charge is 2.42. The molecular formula is C18H26F2N4O2. The van der Waals surface area contributed by atoms with Crippen LogP contribution in [0.5, 0.6) is 0 Å². The highest BCUT2D eigenvalue weighted by atomic mass is 19.1. The molecule has 1 aromatic rings. The molecule has 26 heavy (non-hydrogen) atoms. The molecule has 1 fully saturated rings. The topological polar surface area (TPSA) is 74.8 Å². The lowest BCUT2D eigenvalue weighted by atomic mass is 10.1. The quantitative estimate of drug-likeness (QED) is 0.424. The summed E-state index contributed by atoms with van der Waals surface area (Å²) in [5, 5.41) is 8.80. The van der Waals surface area contributed by atoms with Gasteiger partial charge in [0, 0.05) is 37.7 Å². The summed E-state index contributed by atoms with van der Waals surface area (Å²) in [7, 11) is 1.61. The van der Waals surface area contributed by atoms with E-state index in [4.69, 9.17) is 4.74 Å². The number of benzene rings is 1. The Morgan fingerprint density at radius 1 is 1.23 bits per heavy atom. The van der Waals surface area contributed by atoms with Crippen molar-refractivity contribution in [1.82, 2.24) is 16.0 Å². The van der Waals surface area contributed by atoms with Crippen LogP contribution in [-0.4, -0.2) is 43.8 Å². The number of rotatable bonds is 5. The Kier molecular flexibility index (Phi) is 6.39. The van der Waals surface area contributed by atoms with Gasteiger partial charge in [-0.1, -0.05) is 6.07 Å². The highest BCUT2D eigenvalue weighted by molar-refractivity contribution is 5.80. The largest absolute Gasteiger partial charge is 0.444 e. The molecule has 0 radical (unpaired) electrons. The molecule has 3 N–H and O–H groups in total. The molecule has 1 amide bonds. The number of aliphatic imine (C=N–C) groups is 1. The van der Waals surface area contributed by atoms with Crippen LogP contribution in [0.2, 0.25) is 0 Å². The second-order valence-electron chi connectivity index (χ2n) is 7.16. The molecule has 0 spiro atoms. The molecule has 0 heterocycles. The molecule has 6 nitrogen and oxygen atoms in total. The molecule has 1 saturated carbocycles. The van der Waals surface area contributed by atoms with Crippen LogP contribution in [0.4, 0.5) is 13.6 Å². The Hall–Kier alpha value is -2.38. The van der Waals surface area contributed by atoms with Crippen LogP contribution in [-0.2, 0) is 4.74 Å². The predicted octanol–water partition coefficient (Wildman–Crippen LogP) is 2.51. The third-order valence-electron chi connectivity index (χ3n) is 3.79. The van der Waals surface area contributed by atoms with Crippen molar-refractivity contribution in [3.8, 4) is 0 Å². The van der Waals surface area contributed by atoms with E-state index in [1.165, 1.54) is 18.2 Å². The van der Waals surface area contributed by atoms with Crippen molar-refractivity contribution >= 4 is 12.1 Å². The highest BCUT2D eigenvalue weighted by Crippen LogP contribution is 2.42. The standard InChI is InChI=1S/C18H26F2N4O2/c1-18(2,3)26-17(25)23-9-8-22-16(21-4)24-14-10-11(14)15-12(19)6-5-7-13(15)20/h5-7,11,14H,8-10H2,1-4H3,(H,23,25)(H2,21,22,24). The molecule has 0 aromatic heterocycles. The van der Waals surface area contributed by atoms with E-state index < -0.39 is 23.3 Å². The first kappa shape index (κ1) is 19.9. The lowest BCUT2D eigenvalue weighted by molar-refractivity contribution is 0.0529. The van der Waals surface area contributed by atoms with Crippen LogP contribution < -0.4 is 16.0 Å². The van der Waals surface area contributed by atoms with Gasteiger partial charge in [0.15, 0.2) is 5.96 Å². The number of carbonyl (C=O) groups is 1. The van der Waals surface area contributed by atoms with Crippen LogP contribution >= 0.6 is 0 Å². The third kappa shape index (κ3) is 5.86. The molecule has 144 valence electrons. The van der Waals surface area contributed by atoms with Gasteiger partial charge in [0.25, 0.3) is 0 Å². The average Bonchev–Trinajstić information content (AvgIpc) is 3.27. The Labute approximate surface area is 152 Å². The van der Waals surface area contributed by atoms with Gasteiger partial charge in [-0.05, 0) is 39.3 Å². The first-order chi connectivity index (χ1) is 12.2. The van der Waals surface area contributed by atoms with Gasteiger partial charge in [0.2, 0.25) is 0 Å². The fourth-order valence-corrected chi connectivity index (χ4v) is 2.57. The number of halogens is 2. The van der Waals surface area contributed by atoms with Gasteiger partial charge < -0.3 is 20.7 Å². The molecule has 1 aliphatic rings. The second-order valence-corrected chi connectivity index (χ2v) is 7.16. The van der Waals surface area contributed by atoms with E-state index in [1.807, 2.05) is 0 Å². The van der Waals surface area contributed by atoms with E-state index in [2.05, 4.69) is 20.9 Å². The second kappa shape index (κ2) is 8.33. The first-order valence-corrected chi connectivity index (χ1v) is 8.59. The van der Waals surface area contributed by atoms with Gasteiger partial charge in [-0.3, -0.25) is 4.99 Å². The minimum atomic E-state index is -0.544. The summed E-state index contributed by atoms with van der Waals surface area (Å²) < 4.78 is 32.8. The molecular weight excluding hydrogens is 342 g/mol. The Morgan fingerprint density at radius 2 is 1.85 bits per heavy atom. The zero-order chi connectivity index (χ0) is 19.3. The van der Waals surface area contributed by atoms with Crippen molar-refractivity contribution in [1.29, 1.82) is 0 Å². The fourth-order valence-electron chi connectivity index (χ4n) is 2.57. The van der Waals surface area contributed by atoms with Crippen molar-refractivity contribution in [2.45, 2.75) is 44.8 Å². The molecule has 1 aliphatic carbocycles. The van der Waals surface area contributed by atoms with Crippen molar-refractivity contribution < 1.29 is 18.3 Å². The zero-order valence-corrected chi connectivity index (χ0v) is 15.5. The van der Waals surface area contributed by atoms with E-state index in [9.17, 15) is 13.6 Å². The van der Waals surface area contributed by atoms with Gasteiger partial charge >= 0.3 is 6.09 Å². The number of guanidine groups is 1. The third-order valence-corrected chi connectivity index (χ3v) is 3.79. The van der Waals surface area contributed by atoms with Crippen molar-refractivity contribution in [2.75, 3.05) is 20.1 Å². The molecule has 2 rings (SSSR count). The van der Waals surface area contributed by atoms with Crippen LogP contribution in [0.25, 0.3) is 0 Å².